The number of hydrogen-bond donors (Lipinski definition) is 2. The van der Waals surface area contributed by atoms with E-state index in [0.717, 1.165) is 22.9 Å². The summed E-state index contributed by atoms with van der Waals surface area (Å²) >= 11 is 7.72. The normalized spacial score (nSPS) is 12.7. The molecular weight excluding hydrogens is 228 g/mol. The maximum Gasteiger partial charge on any atom is 0.0406 e. The first-order valence-corrected chi connectivity index (χ1v) is 6.57. The molecule has 0 fully saturated rings. The van der Waals surface area contributed by atoms with Crippen LogP contribution in [-0.2, 0) is 6.42 Å². The van der Waals surface area contributed by atoms with Gasteiger partial charge in [0.05, 0.1) is 0 Å². The molecular formula is C11H17ClN2S. The number of nitrogens with two attached hydrogens (primary N) is 1. The summed E-state index contributed by atoms with van der Waals surface area (Å²) in [5.74, 6) is 7.66. The van der Waals surface area contributed by atoms with Crippen LogP contribution in [0.1, 0.15) is 12.5 Å². The number of rotatable bonds is 6. The van der Waals surface area contributed by atoms with Gasteiger partial charge in [0.2, 0.25) is 0 Å². The van der Waals surface area contributed by atoms with Crippen molar-refractivity contribution in [3.05, 3.63) is 34.9 Å². The SMILES string of the molecule is CCSCC(Cc1ccc(Cl)cc1)NN. The molecule has 15 heavy (non-hydrogen) atoms. The van der Waals surface area contributed by atoms with E-state index in [4.69, 9.17) is 17.4 Å². The first-order chi connectivity index (χ1) is 7.26. The zero-order valence-electron chi connectivity index (χ0n) is 8.87. The molecule has 1 unspecified atom stereocenters. The molecule has 1 aromatic rings. The summed E-state index contributed by atoms with van der Waals surface area (Å²) in [5.41, 5.74) is 4.11. The van der Waals surface area contributed by atoms with Gasteiger partial charge in [0.1, 0.15) is 0 Å². The van der Waals surface area contributed by atoms with Gasteiger partial charge in [0.25, 0.3) is 0 Å². The number of nitrogens with one attached hydrogen (secondary N) is 1. The van der Waals surface area contributed by atoms with Crippen LogP contribution in [0.25, 0.3) is 0 Å². The van der Waals surface area contributed by atoms with Gasteiger partial charge in [-0.15, -0.1) is 0 Å². The Morgan fingerprint density at radius 1 is 1.40 bits per heavy atom. The Morgan fingerprint density at radius 3 is 2.60 bits per heavy atom. The third-order valence-electron chi connectivity index (χ3n) is 2.15. The lowest BCUT2D eigenvalue weighted by Gasteiger charge is -2.15. The van der Waals surface area contributed by atoms with Crippen LogP contribution in [-0.4, -0.2) is 17.5 Å². The molecule has 0 heterocycles. The third-order valence-corrected chi connectivity index (χ3v) is 3.45. The maximum atomic E-state index is 5.82. The Balaban J connectivity index is 2.47. The van der Waals surface area contributed by atoms with Crippen LogP contribution in [0.4, 0.5) is 0 Å². The van der Waals surface area contributed by atoms with Crippen molar-refractivity contribution in [1.29, 1.82) is 0 Å². The summed E-state index contributed by atoms with van der Waals surface area (Å²) in [6, 6.07) is 8.25. The van der Waals surface area contributed by atoms with Crippen LogP contribution in [0.15, 0.2) is 24.3 Å². The van der Waals surface area contributed by atoms with E-state index in [9.17, 15) is 0 Å². The molecule has 0 spiro atoms. The second-order valence-corrected chi connectivity index (χ2v) is 5.11. The predicted molar refractivity (Wildman–Crippen MR) is 69.3 cm³/mol. The van der Waals surface area contributed by atoms with Crippen molar-refractivity contribution in [3.8, 4) is 0 Å². The second kappa shape index (κ2) is 7.12. The molecule has 0 aliphatic carbocycles. The van der Waals surface area contributed by atoms with Gasteiger partial charge < -0.3 is 0 Å². The number of halogens is 1. The Morgan fingerprint density at radius 2 is 2.07 bits per heavy atom. The van der Waals surface area contributed by atoms with Gasteiger partial charge in [-0.2, -0.15) is 11.8 Å². The summed E-state index contributed by atoms with van der Waals surface area (Å²) in [6.07, 6.45) is 0.945. The Labute approximate surface area is 101 Å². The van der Waals surface area contributed by atoms with Gasteiger partial charge >= 0.3 is 0 Å². The Bertz CT molecular complexity index is 276. The van der Waals surface area contributed by atoms with E-state index in [1.54, 1.807) is 0 Å². The van der Waals surface area contributed by atoms with Gasteiger partial charge in [0.15, 0.2) is 0 Å². The average molecular weight is 245 g/mol. The quantitative estimate of drug-likeness (QED) is 0.597. The zero-order valence-corrected chi connectivity index (χ0v) is 10.4. The predicted octanol–water partition coefficient (Wildman–Crippen LogP) is 2.47. The summed E-state index contributed by atoms with van der Waals surface area (Å²) in [6.45, 7) is 2.15. The average Bonchev–Trinajstić information content (AvgIpc) is 2.27. The van der Waals surface area contributed by atoms with Crippen LogP contribution >= 0.6 is 23.4 Å². The van der Waals surface area contributed by atoms with Crippen molar-refractivity contribution < 1.29 is 0 Å². The summed E-state index contributed by atoms with van der Waals surface area (Å²) in [7, 11) is 0. The zero-order chi connectivity index (χ0) is 11.1. The molecule has 0 aliphatic rings. The van der Waals surface area contributed by atoms with E-state index < -0.39 is 0 Å². The standard InChI is InChI=1S/C11H17ClN2S/c1-2-15-8-11(14-13)7-9-3-5-10(12)6-4-9/h3-6,11,14H,2,7-8,13H2,1H3. The number of benzene rings is 1. The van der Waals surface area contributed by atoms with Crippen LogP contribution < -0.4 is 11.3 Å². The lowest BCUT2D eigenvalue weighted by Crippen LogP contribution is -2.38. The fourth-order valence-electron chi connectivity index (χ4n) is 1.33. The molecule has 0 saturated carbocycles. The topological polar surface area (TPSA) is 38.0 Å². The van der Waals surface area contributed by atoms with E-state index in [1.165, 1.54) is 5.56 Å². The Hall–Kier alpha value is -0.220. The van der Waals surface area contributed by atoms with Crippen molar-refractivity contribution in [2.75, 3.05) is 11.5 Å². The molecule has 84 valence electrons. The van der Waals surface area contributed by atoms with Crippen LogP contribution in [0.5, 0.6) is 0 Å². The molecule has 0 aliphatic heterocycles. The van der Waals surface area contributed by atoms with Gasteiger partial charge in [0, 0.05) is 16.8 Å². The number of hydrazine groups is 1. The highest BCUT2D eigenvalue weighted by atomic mass is 35.5. The summed E-state index contributed by atoms with van der Waals surface area (Å²) < 4.78 is 0. The van der Waals surface area contributed by atoms with Crippen molar-refractivity contribution in [2.24, 2.45) is 5.84 Å². The monoisotopic (exact) mass is 244 g/mol. The smallest absolute Gasteiger partial charge is 0.0406 e. The maximum absolute atomic E-state index is 5.82. The molecule has 0 radical (unpaired) electrons. The minimum Gasteiger partial charge on any atom is -0.271 e. The van der Waals surface area contributed by atoms with Crippen molar-refractivity contribution in [1.82, 2.24) is 5.43 Å². The fraction of sp³-hybridized carbons (Fsp3) is 0.455. The summed E-state index contributed by atoms with van der Waals surface area (Å²) in [5, 5.41) is 0.777. The van der Waals surface area contributed by atoms with Crippen molar-refractivity contribution in [2.45, 2.75) is 19.4 Å². The molecule has 0 bridgehead atoms. The second-order valence-electron chi connectivity index (χ2n) is 3.35. The third kappa shape index (κ3) is 4.89. The van der Waals surface area contributed by atoms with Crippen LogP contribution in [0, 0.1) is 0 Å². The minimum atomic E-state index is 0.330. The first kappa shape index (κ1) is 12.8. The molecule has 1 rings (SSSR count). The Kier molecular flexibility index (Phi) is 6.10. The van der Waals surface area contributed by atoms with Gasteiger partial charge in [-0.3, -0.25) is 11.3 Å². The van der Waals surface area contributed by atoms with Crippen molar-refractivity contribution in [3.63, 3.8) is 0 Å². The molecule has 0 amide bonds. The highest BCUT2D eigenvalue weighted by Crippen LogP contribution is 2.12. The lowest BCUT2D eigenvalue weighted by molar-refractivity contribution is 0.575. The minimum absolute atomic E-state index is 0.330. The molecule has 3 N–H and O–H groups in total. The molecule has 1 atom stereocenters. The van der Waals surface area contributed by atoms with E-state index in [0.29, 0.717) is 6.04 Å². The van der Waals surface area contributed by atoms with E-state index >= 15 is 0 Å². The molecule has 0 saturated heterocycles. The van der Waals surface area contributed by atoms with Gasteiger partial charge in [-0.05, 0) is 29.9 Å². The van der Waals surface area contributed by atoms with Crippen molar-refractivity contribution >= 4 is 23.4 Å². The van der Waals surface area contributed by atoms with Gasteiger partial charge in [-0.1, -0.05) is 30.7 Å². The van der Waals surface area contributed by atoms with Crippen LogP contribution in [0.3, 0.4) is 0 Å². The first-order valence-electron chi connectivity index (χ1n) is 5.04. The number of thioether (sulfide) groups is 1. The lowest BCUT2D eigenvalue weighted by atomic mass is 10.1. The molecule has 4 heteroatoms. The van der Waals surface area contributed by atoms with E-state index in [-0.39, 0.29) is 0 Å². The van der Waals surface area contributed by atoms with Gasteiger partial charge in [-0.25, -0.2) is 0 Å². The fourth-order valence-corrected chi connectivity index (χ4v) is 2.19. The molecule has 0 aromatic heterocycles. The largest absolute Gasteiger partial charge is 0.271 e. The van der Waals surface area contributed by atoms with E-state index in [1.807, 2.05) is 36.0 Å². The van der Waals surface area contributed by atoms with E-state index in [2.05, 4.69) is 12.3 Å². The summed E-state index contributed by atoms with van der Waals surface area (Å²) in [4.78, 5) is 0. The molecule has 2 nitrogen and oxygen atoms in total. The highest BCUT2D eigenvalue weighted by molar-refractivity contribution is 7.99. The molecule has 1 aromatic carbocycles. The van der Waals surface area contributed by atoms with Crippen LogP contribution in [0.2, 0.25) is 5.02 Å². The number of hydrogen-bond acceptors (Lipinski definition) is 3. The highest BCUT2D eigenvalue weighted by Gasteiger charge is 2.06.